The molecule has 0 saturated carbocycles. The van der Waals surface area contributed by atoms with Crippen LogP contribution in [0.1, 0.15) is 22.3 Å². The van der Waals surface area contributed by atoms with Gasteiger partial charge in [0.25, 0.3) is 11.8 Å². The molecule has 0 aliphatic carbocycles. The standard InChI is InChI=1S/C18H17ClF2N2O/c1-12-9-13(17(24)23-8-7-18(20,21)11-23)5-6-16(12)22-15-4-2-3-14(19)10-15/h2-6,9-10,22H,7-8,11H2,1H3. The number of carbonyl (C=O) groups excluding carboxylic acids is 1. The van der Waals surface area contributed by atoms with Gasteiger partial charge >= 0.3 is 0 Å². The van der Waals surface area contributed by atoms with Crippen LogP contribution in [0.15, 0.2) is 42.5 Å². The van der Waals surface area contributed by atoms with Crippen LogP contribution in [0.3, 0.4) is 0 Å². The second kappa shape index (κ2) is 6.40. The van der Waals surface area contributed by atoms with Crippen molar-refractivity contribution in [3.63, 3.8) is 0 Å². The highest BCUT2D eigenvalue weighted by molar-refractivity contribution is 6.30. The summed E-state index contributed by atoms with van der Waals surface area (Å²) >= 11 is 5.96. The molecule has 24 heavy (non-hydrogen) atoms. The molecule has 1 aliphatic rings. The van der Waals surface area contributed by atoms with Crippen molar-refractivity contribution in [3.8, 4) is 0 Å². The van der Waals surface area contributed by atoms with Crippen LogP contribution in [0, 0.1) is 6.92 Å². The second-order valence-corrected chi connectivity index (χ2v) is 6.43. The van der Waals surface area contributed by atoms with E-state index < -0.39 is 12.5 Å². The largest absolute Gasteiger partial charge is 0.355 e. The molecule has 2 aromatic carbocycles. The Morgan fingerprint density at radius 1 is 1.25 bits per heavy atom. The third kappa shape index (κ3) is 3.67. The van der Waals surface area contributed by atoms with Crippen molar-refractivity contribution in [1.82, 2.24) is 4.90 Å². The molecule has 1 saturated heterocycles. The lowest BCUT2D eigenvalue weighted by Gasteiger charge is -2.17. The molecule has 1 aliphatic heterocycles. The molecule has 3 nitrogen and oxygen atoms in total. The maximum Gasteiger partial charge on any atom is 0.267 e. The SMILES string of the molecule is Cc1cc(C(=O)N2CCC(F)(F)C2)ccc1Nc1cccc(Cl)c1. The molecular weight excluding hydrogens is 334 g/mol. The van der Waals surface area contributed by atoms with Crippen LogP contribution in [0.4, 0.5) is 20.2 Å². The number of benzene rings is 2. The highest BCUT2D eigenvalue weighted by atomic mass is 35.5. The summed E-state index contributed by atoms with van der Waals surface area (Å²) in [6.45, 7) is 1.45. The van der Waals surface area contributed by atoms with Crippen LogP contribution in [-0.2, 0) is 0 Å². The Kier molecular flexibility index (Phi) is 4.45. The highest BCUT2D eigenvalue weighted by Gasteiger charge is 2.40. The zero-order chi connectivity index (χ0) is 17.3. The molecule has 0 aromatic heterocycles. The molecule has 0 unspecified atom stereocenters. The molecule has 3 rings (SSSR count). The van der Waals surface area contributed by atoms with Gasteiger partial charge in [-0.3, -0.25) is 4.79 Å². The van der Waals surface area contributed by atoms with Gasteiger partial charge < -0.3 is 10.2 Å². The minimum absolute atomic E-state index is 0.0907. The molecule has 2 aromatic rings. The third-order valence-electron chi connectivity index (χ3n) is 4.03. The summed E-state index contributed by atoms with van der Waals surface area (Å²) in [4.78, 5) is 13.6. The highest BCUT2D eigenvalue weighted by Crippen LogP contribution is 2.29. The monoisotopic (exact) mass is 350 g/mol. The van der Waals surface area contributed by atoms with E-state index in [1.807, 2.05) is 19.1 Å². The summed E-state index contributed by atoms with van der Waals surface area (Å²) in [5, 5.41) is 3.86. The number of carbonyl (C=O) groups is 1. The van der Waals surface area contributed by atoms with Gasteiger partial charge in [-0.1, -0.05) is 17.7 Å². The van der Waals surface area contributed by atoms with Crippen molar-refractivity contribution in [2.45, 2.75) is 19.3 Å². The number of nitrogens with zero attached hydrogens (tertiary/aromatic N) is 1. The average Bonchev–Trinajstić information content (AvgIpc) is 2.89. The molecule has 0 bridgehead atoms. The lowest BCUT2D eigenvalue weighted by molar-refractivity contribution is 0.0120. The van der Waals surface area contributed by atoms with Gasteiger partial charge in [-0.25, -0.2) is 8.78 Å². The van der Waals surface area contributed by atoms with Crippen LogP contribution < -0.4 is 5.32 Å². The summed E-state index contributed by atoms with van der Waals surface area (Å²) in [5.74, 6) is -3.14. The lowest BCUT2D eigenvalue weighted by atomic mass is 10.1. The van der Waals surface area contributed by atoms with Gasteiger partial charge in [-0.15, -0.1) is 0 Å². The van der Waals surface area contributed by atoms with Gasteiger partial charge in [0.2, 0.25) is 0 Å². The minimum Gasteiger partial charge on any atom is -0.355 e. The molecule has 1 fully saturated rings. The first kappa shape index (κ1) is 16.7. The zero-order valence-corrected chi connectivity index (χ0v) is 13.9. The third-order valence-corrected chi connectivity index (χ3v) is 4.27. The molecule has 0 atom stereocenters. The van der Waals surface area contributed by atoms with E-state index in [0.29, 0.717) is 10.6 Å². The molecule has 6 heteroatoms. The molecule has 1 N–H and O–H groups in total. The van der Waals surface area contributed by atoms with Crippen molar-refractivity contribution in [3.05, 3.63) is 58.6 Å². The predicted octanol–water partition coefficient (Wildman–Crippen LogP) is 4.87. The number of hydrogen-bond donors (Lipinski definition) is 1. The van der Waals surface area contributed by atoms with Crippen LogP contribution in [0.2, 0.25) is 5.02 Å². The van der Waals surface area contributed by atoms with E-state index in [-0.39, 0.29) is 18.9 Å². The van der Waals surface area contributed by atoms with E-state index >= 15 is 0 Å². The van der Waals surface area contributed by atoms with Gasteiger partial charge in [0.05, 0.1) is 6.54 Å². The maximum atomic E-state index is 13.3. The van der Waals surface area contributed by atoms with Crippen molar-refractivity contribution in [2.24, 2.45) is 0 Å². The number of likely N-dealkylation sites (tertiary alicyclic amines) is 1. The molecule has 126 valence electrons. The molecular formula is C18H17ClF2N2O. The van der Waals surface area contributed by atoms with Crippen molar-refractivity contribution < 1.29 is 13.6 Å². The summed E-state index contributed by atoms with van der Waals surface area (Å²) in [6.07, 6.45) is -0.272. The number of halogens is 3. The number of rotatable bonds is 3. The number of alkyl halides is 2. The Hall–Kier alpha value is -2.14. The number of amides is 1. The van der Waals surface area contributed by atoms with E-state index in [9.17, 15) is 13.6 Å². The first-order valence-electron chi connectivity index (χ1n) is 7.64. The van der Waals surface area contributed by atoms with Crippen LogP contribution in [-0.4, -0.2) is 29.8 Å². The lowest BCUT2D eigenvalue weighted by Crippen LogP contribution is -2.31. The summed E-state index contributed by atoms with van der Waals surface area (Å²) in [6, 6.07) is 12.4. The fourth-order valence-electron chi connectivity index (χ4n) is 2.75. The number of hydrogen-bond acceptors (Lipinski definition) is 2. The fourth-order valence-corrected chi connectivity index (χ4v) is 2.94. The van der Waals surface area contributed by atoms with Gasteiger partial charge in [0.15, 0.2) is 0 Å². The minimum atomic E-state index is -2.78. The zero-order valence-electron chi connectivity index (χ0n) is 13.2. The van der Waals surface area contributed by atoms with Gasteiger partial charge in [-0.05, 0) is 48.9 Å². The average molecular weight is 351 g/mol. The Balaban J connectivity index is 1.76. The summed E-state index contributed by atoms with van der Waals surface area (Å²) < 4.78 is 26.5. The Bertz CT molecular complexity index is 779. The van der Waals surface area contributed by atoms with E-state index in [1.54, 1.807) is 30.3 Å². The van der Waals surface area contributed by atoms with Gasteiger partial charge in [-0.2, -0.15) is 0 Å². The fraction of sp³-hybridized carbons (Fsp3) is 0.278. The van der Waals surface area contributed by atoms with Crippen molar-refractivity contribution >= 4 is 28.9 Å². The van der Waals surface area contributed by atoms with Gasteiger partial charge in [0, 0.05) is 34.9 Å². The van der Waals surface area contributed by atoms with E-state index in [0.717, 1.165) is 16.9 Å². The van der Waals surface area contributed by atoms with Crippen molar-refractivity contribution in [2.75, 3.05) is 18.4 Å². The predicted molar refractivity (Wildman–Crippen MR) is 91.4 cm³/mol. The van der Waals surface area contributed by atoms with E-state index in [4.69, 9.17) is 11.6 Å². The first-order valence-corrected chi connectivity index (χ1v) is 8.02. The number of nitrogens with one attached hydrogen (secondary N) is 1. The molecule has 0 spiro atoms. The maximum absolute atomic E-state index is 13.3. The second-order valence-electron chi connectivity index (χ2n) is 6.00. The summed E-state index contributed by atoms with van der Waals surface area (Å²) in [5.41, 5.74) is 2.94. The Labute approximate surface area is 144 Å². The Morgan fingerprint density at radius 3 is 2.67 bits per heavy atom. The summed E-state index contributed by atoms with van der Waals surface area (Å²) in [7, 11) is 0. The van der Waals surface area contributed by atoms with E-state index in [1.165, 1.54) is 4.90 Å². The quantitative estimate of drug-likeness (QED) is 0.856. The van der Waals surface area contributed by atoms with E-state index in [2.05, 4.69) is 5.32 Å². The number of anilines is 2. The normalized spacial score (nSPS) is 16.2. The molecule has 1 heterocycles. The van der Waals surface area contributed by atoms with Crippen LogP contribution in [0.5, 0.6) is 0 Å². The van der Waals surface area contributed by atoms with Crippen molar-refractivity contribution in [1.29, 1.82) is 0 Å². The molecule has 0 radical (unpaired) electrons. The molecule has 1 amide bonds. The smallest absolute Gasteiger partial charge is 0.267 e. The number of aryl methyl sites for hydroxylation is 1. The first-order chi connectivity index (χ1) is 11.3. The van der Waals surface area contributed by atoms with Crippen LogP contribution in [0.25, 0.3) is 0 Å². The van der Waals surface area contributed by atoms with Crippen LogP contribution >= 0.6 is 11.6 Å². The topological polar surface area (TPSA) is 32.3 Å². The van der Waals surface area contributed by atoms with Gasteiger partial charge in [0.1, 0.15) is 0 Å². The Morgan fingerprint density at radius 2 is 2.04 bits per heavy atom.